The van der Waals surface area contributed by atoms with Crippen LogP contribution in [0.4, 0.5) is 0 Å². The van der Waals surface area contributed by atoms with Gasteiger partial charge in [0.1, 0.15) is 5.75 Å². The Bertz CT molecular complexity index is 342. The van der Waals surface area contributed by atoms with Crippen molar-refractivity contribution in [3.63, 3.8) is 0 Å². The molecular formula is C12H18ClNO2. The van der Waals surface area contributed by atoms with E-state index in [0.717, 1.165) is 11.3 Å². The van der Waals surface area contributed by atoms with Gasteiger partial charge in [-0.15, -0.1) is 12.4 Å². The molecule has 1 N–H and O–H groups in total. The highest BCUT2D eigenvalue weighted by Crippen LogP contribution is 2.26. The van der Waals surface area contributed by atoms with Crippen LogP contribution in [0.25, 0.3) is 0 Å². The SMILES string of the molecule is CC1COc2ccccc2C1=O.CNC.Cl. The number of halogens is 1. The largest absolute Gasteiger partial charge is 0.492 e. The maximum atomic E-state index is 11.5. The summed E-state index contributed by atoms with van der Waals surface area (Å²) < 4.78 is 5.39. The molecule has 1 unspecified atom stereocenters. The van der Waals surface area contributed by atoms with E-state index < -0.39 is 0 Å². The maximum absolute atomic E-state index is 11.5. The quantitative estimate of drug-likeness (QED) is 0.759. The van der Waals surface area contributed by atoms with Gasteiger partial charge in [-0.2, -0.15) is 0 Å². The summed E-state index contributed by atoms with van der Waals surface area (Å²) in [6, 6.07) is 7.38. The number of nitrogens with one attached hydrogen (secondary N) is 1. The Kier molecular flexibility index (Phi) is 6.77. The number of benzene rings is 1. The van der Waals surface area contributed by atoms with E-state index in [0.29, 0.717) is 6.61 Å². The van der Waals surface area contributed by atoms with Crippen molar-refractivity contribution in [3.05, 3.63) is 29.8 Å². The number of rotatable bonds is 0. The minimum atomic E-state index is -0.0000926. The average molecular weight is 244 g/mol. The minimum absolute atomic E-state index is 0. The number of fused-ring (bicyclic) bond motifs is 1. The number of hydrogen-bond donors (Lipinski definition) is 1. The number of carbonyl (C=O) groups is 1. The molecule has 16 heavy (non-hydrogen) atoms. The first kappa shape index (κ1) is 14.9. The Morgan fingerprint density at radius 2 is 1.88 bits per heavy atom. The van der Waals surface area contributed by atoms with Crippen molar-refractivity contribution in [1.82, 2.24) is 5.32 Å². The molecule has 1 aliphatic heterocycles. The third-order valence-corrected chi connectivity index (χ3v) is 2.09. The highest BCUT2D eigenvalue weighted by molar-refractivity contribution is 6.01. The van der Waals surface area contributed by atoms with Crippen molar-refractivity contribution in [2.75, 3.05) is 20.7 Å². The van der Waals surface area contributed by atoms with Crippen molar-refractivity contribution in [2.24, 2.45) is 5.92 Å². The average Bonchev–Trinajstić information content (AvgIpc) is 2.25. The van der Waals surface area contributed by atoms with Crippen molar-refractivity contribution in [1.29, 1.82) is 0 Å². The van der Waals surface area contributed by atoms with Crippen molar-refractivity contribution >= 4 is 18.2 Å². The van der Waals surface area contributed by atoms with E-state index >= 15 is 0 Å². The van der Waals surface area contributed by atoms with Crippen LogP contribution in [0.5, 0.6) is 5.75 Å². The molecule has 3 nitrogen and oxygen atoms in total. The fourth-order valence-electron chi connectivity index (χ4n) is 1.35. The molecule has 2 rings (SSSR count). The molecule has 1 aliphatic rings. The second kappa shape index (κ2) is 7.25. The number of ether oxygens (including phenoxy) is 1. The van der Waals surface area contributed by atoms with Gasteiger partial charge in [-0.1, -0.05) is 19.1 Å². The lowest BCUT2D eigenvalue weighted by Crippen LogP contribution is -2.24. The van der Waals surface area contributed by atoms with E-state index in [4.69, 9.17) is 4.74 Å². The lowest BCUT2D eigenvalue weighted by atomic mass is 9.97. The molecule has 0 amide bonds. The van der Waals surface area contributed by atoms with Crippen LogP contribution in [0.2, 0.25) is 0 Å². The highest BCUT2D eigenvalue weighted by atomic mass is 35.5. The standard InChI is InChI=1S/C10H10O2.C2H7N.ClH/c1-7-6-12-9-5-3-2-4-8(9)10(7)11;1-3-2;/h2-5,7H,6H2,1H3;3H,1-2H3;1H. The van der Waals surface area contributed by atoms with Crippen LogP contribution in [0.3, 0.4) is 0 Å². The summed E-state index contributed by atoms with van der Waals surface area (Å²) in [5.41, 5.74) is 0.719. The molecule has 0 aromatic heterocycles. The summed E-state index contributed by atoms with van der Waals surface area (Å²) in [4.78, 5) is 11.5. The molecule has 0 fully saturated rings. The molecule has 1 aromatic rings. The zero-order valence-electron chi connectivity index (χ0n) is 9.82. The van der Waals surface area contributed by atoms with Crippen LogP contribution >= 0.6 is 12.4 Å². The molecular weight excluding hydrogens is 226 g/mol. The second-order valence-corrected chi connectivity index (χ2v) is 3.57. The number of Topliss-reactive ketones (excluding diaryl/α,β-unsaturated/α-hetero) is 1. The minimum Gasteiger partial charge on any atom is -0.492 e. The van der Waals surface area contributed by atoms with Crippen LogP contribution in [0, 0.1) is 5.92 Å². The van der Waals surface area contributed by atoms with Gasteiger partial charge in [0, 0.05) is 0 Å². The molecule has 0 spiro atoms. The van der Waals surface area contributed by atoms with E-state index in [1.807, 2.05) is 45.3 Å². The molecule has 0 aliphatic carbocycles. The Morgan fingerprint density at radius 3 is 2.50 bits per heavy atom. The van der Waals surface area contributed by atoms with Crippen LogP contribution in [0.1, 0.15) is 17.3 Å². The summed E-state index contributed by atoms with van der Waals surface area (Å²) in [5.74, 6) is 0.914. The first-order chi connectivity index (χ1) is 7.20. The highest BCUT2D eigenvalue weighted by Gasteiger charge is 2.24. The van der Waals surface area contributed by atoms with Gasteiger partial charge in [0.05, 0.1) is 18.1 Å². The Labute approximate surface area is 103 Å². The normalized spacial score (nSPS) is 17.2. The molecule has 0 saturated heterocycles. The van der Waals surface area contributed by atoms with Crippen molar-refractivity contribution in [3.8, 4) is 5.75 Å². The molecule has 4 heteroatoms. The van der Waals surface area contributed by atoms with E-state index in [1.165, 1.54) is 0 Å². The molecule has 1 heterocycles. The molecule has 90 valence electrons. The van der Waals surface area contributed by atoms with Gasteiger partial charge >= 0.3 is 0 Å². The number of carbonyl (C=O) groups excluding carboxylic acids is 1. The summed E-state index contributed by atoms with van der Waals surface area (Å²) in [5, 5.41) is 2.75. The summed E-state index contributed by atoms with van der Waals surface area (Å²) in [6.07, 6.45) is 0. The van der Waals surface area contributed by atoms with Crippen LogP contribution in [0.15, 0.2) is 24.3 Å². The molecule has 1 atom stereocenters. The fourth-order valence-corrected chi connectivity index (χ4v) is 1.35. The van der Waals surface area contributed by atoms with E-state index in [-0.39, 0.29) is 24.1 Å². The third kappa shape index (κ3) is 3.51. The Morgan fingerprint density at radius 1 is 1.31 bits per heavy atom. The van der Waals surface area contributed by atoms with Crippen LogP contribution in [-0.2, 0) is 0 Å². The smallest absolute Gasteiger partial charge is 0.172 e. The summed E-state index contributed by atoms with van der Waals surface area (Å²) >= 11 is 0. The van der Waals surface area contributed by atoms with E-state index in [1.54, 1.807) is 0 Å². The van der Waals surface area contributed by atoms with Gasteiger partial charge in [0.15, 0.2) is 5.78 Å². The van der Waals surface area contributed by atoms with Crippen LogP contribution < -0.4 is 10.1 Å². The topological polar surface area (TPSA) is 38.3 Å². The van der Waals surface area contributed by atoms with Crippen molar-refractivity contribution in [2.45, 2.75) is 6.92 Å². The fraction of sp³-hybridized carbons (Fsp3) is 0.417. The van der Waals surface area contributed by atoms with Gasteiger partial charge in [0.25, 0.3) is 0 Å². The molecule has 0 bridgehead atoms. The molecule has 0 radical (unpaired) electrons. The first-order valence-corrected chi connectivity index (χ1v) is 5.05. The van der Waals surface area contributed by atoms with Gasteiger partial charge in [0.2, 0.25) is 0 Å². The number of para-hydroxylation sites is 1. The third-order valence-electron chi connectivity index (χ3n) is 2.09. The first-order valence-electron chi connectivity index (χ1n) is 5.05. The Balaban J connectivity index is 0.000000511. The maximum Gasteiger partial charge on any atom is 0.172 e. The van der Waals surface area contributed by atoms with E-state index in [2.05, 4.69) is 5.32 Å². The second-order valence-electron chi connectivity index (χ2n) is 3.57. The monoisotopic (exact) mass is 243 g/mol. The zero-order chi connectivity index (χ0) is 11.3. The summed E-state index contributed by atoms with van der Waals surface area (Å²) in [7, 11) is 3.75. The van der Waals surface area contributed by atoms with Gasteiger partial charge in [-0.3, -0.25) is 4.79 Å². The van der Waals surface area contributed by atoms with Gasteiger partial charge in [-0.25, -0.2) is 0 Å². The van der Waals surface area contributed by atoms with Gasteiger partial charge < -0.3 is 10.1 Å². The number of hydrogen-bond acceptors (Lipinski definition) is 3. The number of ketones is 1. The summed E-state index contributed by atoms with van der Waals surface area (Å²) in [6.45, 7) is 2.40. The van der Waals surface area contributed by atoms with Crippen LogP contribution in [-0.4, -0.2) is 26.5 Å². The lowest BCUT2D eigenvalue weighted by molar-refractivity contribution is 0.0849. The predicted octanol–water partition coefficient (Wildman–Crippen LogP) is 2.16. The lowest BCUT2D eigenvalue weighted by Gasteiger charge is -2.20. The van der Waals surface area contributed by atoms with Gasteiger partial charge in [-0.05, 0) is 26.2 Å². The Hall–Kier alpha value is -1.06. The molecule has 1 aromatic carbocycles. The van der Waals surface area contributed by atoms with E-state index in [9.17, 15) is 4.79 Å². The molecule has 0 saturated carbocycles. The zero-order valence-corrected chi connectivity index (χ0v) is 10.6. The van der Waals surface area contributed by atoms with Crippen molar-refractivity contribution < 1.29 is 9.53 Å². The predicted molar refractivity (Wildman–Crippen MR) is 67.7 cm³/mol.